The molecule has 3 rings (SSSR count). The third-order valence-corrected chi connectivity index (χ3v) is 7.65. The van der Waals surface area contributed by atoms with Crippen molar-refractivity contribution < 1.29 is 60.0 Å². The molecule has 0 aromatic heterocycles. The van der Waals surface area contributed by atoms with Gasteiger partial charge in [0.15, 0.2) is 18.3 Å². The van der Waals surface area contributed by atoms with Gasteiger partial charge in [0.25, 0.3) is 5.91 Å². The summed E-state index contributed by atoms with van der Waals surface area (Å²) < 4.78 is 10.9. The number of hydrogen-bond donors (Lipinski definition) is 4. The Kier molecular flexibility index (Phi) is 16.9. The number of aliphatic hydroxyl groups excluding tert-OH is 2. The summed E-state index contributed by atoms with van der Waals surface area (Å²) >= 11 is 1.56. The van der Waals surface area contributed by atoms with Crippen molar-refractivity contribution in [2.45, 2.75) is 37.4 Å². The zero-order valence-corrected chi connectivity index (χ0v) is 25.8. The van der Waals surface area contributed by atoms with Crippen LogP contribution in [0.2, 0.25) is 0 Å². The Bertz CT molecular complexity index is 1250. The molecule has 1 heterocycles. The number of carbonyl (C=O) groups is 4. The van der Waals surface area contributed by atoms with E-state index in [1.54, 1.807) is 23.8 Å². The van der Waals surface area contributed by atoms with Gasteiger partial charge in [-0.15, -0.1) is 11.8 Å². The van der Waals surface area contributed by atoms with Gasteiger partial charge in [0.1, 0.15) is 5.75 Å². The number of benzene rings is 2. The van der Waals surface area contributed by atoms with Crippen LogP contribution >= 0.6 is 11.8 Å². The highest BCUT2D eigenvalue weighted by molar-refractivity contribution is 8.08. The lowest BCUT2D eigenvalue weighted by molar-refractivity contribution is -0.165. The van der Waals surface area contributed by atoms with Gasteiger partial charge in [0.2, 0.25) is 0 Å². The summed E-state index contributed by atoms with van der Waals surface area (Å²) in [4.78, 5) is 50.1. The van der Waals surface area contributed by atoms with Crippen molar-refractivity contribution in [3.05, 3.63) is 71.4 Å². The molecule has 0 radical (unpaired) electrons. The molecular formula is C29H40N2O12S. The van der Waals surface area contributed by atoms with Crippen molar-refractivity contribution in [1.29, 1.82) is 0 Å². The number of methoxy groups -OCH3 is 1. The first-order valence-corrected chi connectivity index (χ1v) is 13.7. The average molecular weight is 641 g/mol. The first kappa shape index (κ1) is 40.0. The summed E-state index contributed by atoms with van der Waals surface area (Å²) in [5.41, 5.74) is 2.78. The molecule has 2 aromatic carbocycles. The van der Waals surface area contributed by atoms with Gasteiger partial charge in [-0.2, -0.15) is 0 Å². The molecule has 4 atom stereocenters. The highest BCUT2D eigenvalue weighted by Crippen LogP contribution is 2.48. The second-order valence-corrected chi connectivity index (χ2v) is 10.6. The fraction of sp³-hybridized carbons (Fsp3) is 0.379. The van der Waals surface area contributed by atoms with Crippen molar-refractivity contribution in [3.8, 4) is 5.75 Å². The van der Waals surface area contributed by atoms with E-state index in [4.69, 9.17) is 29.9 Å². The lowest BCUT2D eigenvalue weighted by atomic mass is 10.1. The first-order chi connectivity index (χ1) is 19.8. The van der Waals surface area contributed by atoms with Crippen LogP contribution in [0.5, 0.6) is 5.75 Å². The Morgan fingerprint density at radius 2 is 1.48 bits per heavy atom. The molecule has 2 unspecified atom stereocenters. The van der Waals surface area contributed by atoms with E-state index < -0.39 is 41.5 Å². The second kappa shape index (κ2) is 18.6. The SMILES string of the molecule is COc1ccc([C@@H]2SC(c3ccccc3)=C(C)N(CCN(C)C)C(=O)[C@@H]2OC(C)=O)cc1.O.O.O=C(O)C(O)C(O)C(=O)O. The maximum absolute atomic E-state index is 13.7. The third-order valence-electron chi connectivity index (χ3n) is 6.11. The number of aliphatic carboxylic acids is 2. The number of likely N-dealkylation sites (N-methyl/N-ethyl adjacent to an activating group) is 1. The minimum atomic E-state index is -2.27. The van der Waals surface area contributed by atoms with Crippen LogP contribution in [0, 0.1) is 0 Å². The Hall–Kier alpha value is -3.99. The van der Waals surface area contributed by atoms with E-state index in [9.17, 15) is 19.2 Å². The minimum Gasteiger partial charge on any atom is -0.497 e. The summed E-state index contributed by atoms with van der Waals surface area (Å²) in [5, 5.41) is 32.1. The fourth-order valence-electron chi connectivity index (χ4n) is 3.89. The average Bonchev–Trinajstić information content (AvgIpc) is 3.05. The number of amides is 1. The van der Waals surface area contributed by atoms with Crippen LogP contribution in [0.1, 0.15) is 30.2 Å². The number of thioether (sulfide) groups is 1. The Balaban J connectivity index is 0.00000133. The standard InChI is InChI=1S/C25H30N2O4S.C4H6O6.2H2O/c1-17-23(19-9-7-6-8-10-19)32-24(20-11-13-21(30-5)14-12-20)22(31-18(2)28)25(29)27(17)16-15-26(3)4;5-1(3(7)8)2(6)4(9)10;;/h6-14,22,24H,15-16H2,1-5H3;1-2,5-6H,(H,7,8)(H,9,10);2*1H2/t22-,24+;;;/m1.../s1. The number of allylic oxidation sites excluding steroid dienone is 1. The van der Waals surface area contributed by atoms with Crippen molar-refractivity contribution in [1.82, 2.24) is 9.80 Å². The van der Waals surface area contributed by atoms with E-state index >= 15 is 0 Å². The smallest absolute Gasteiger partial charge is 0.335 e. The molecule has 0 saturated heterocycles. The molecule has 15 heteroatoms. The molecule has 0 saturated carbocycles. The number of carboxylic acids is 2. The van der Waals surface area contributed by atoms with E-state index in [2.05, 4.69) is 0 Å². The Labute approximate surface area is 259 Å². The van der Waals surface area contributed by atoms with Gasteiger partial charge in [0, 0.05) is 30.6 Å². The molecular weight excluding hydrogens is 600 g/mol. The minimum absolute atomic E-state index is 0. The number of nitrogens with zero attached hydrogens (tertiary/aromatic N) is 2. The lowest BCUT2D eigenvalue weighted by Gasteiger charge is -2.29. The molecule has 0 spiro atoms. The molecule has 8 N–H and O–H groups in total. The van der Waals surface area contributed by atoms with Gasteiger partial charge < -0.3 is 50.7 Å². The van der Waals surface area contributed by atoms with Gasteiger partial charge in [-0.3, -0.25) is 9.59 Å². The lowest BCUT2D eigenvalue weighted by Crippen LogP contribution is -2.43. The molecule has 0 aliphatic carbocycles. The van der Waals surface area contributed by atoms with Gasteiger partial charge in [-0.25, -0.2) is 9.59 Å². The molecule has 1 amide bonds. The molecule has 0 fully saturated rings. The second-order valence-electron chi connectivity index (χ2n) is 9.48. The Morgan fingerprint density at radius 1 is 0.955 bits per heavy atom. The van der Waals surface area contributed by atoms with Crippen LogP contribution in [-0.4, -0.2) is 118 Å². The van der Waals surface area contributed by atoms with E-state index in [0.29, 0.717) is 13.1 Å². The molecule has 14 nitrogen and oxygen atoms in total. The monoisotopic (exact) mass is 640 g/mol. The van der Waals surface area contributed by atoms with Crippen LogP contribution < -0.4 is 4.74 Å². The molecule has 1 aliphatic rings. The van der Waals surface area contributed by atoms with Crippen LogP contribution in [0.3, 0.4) is 0 Å². The Morgan fingerprint density at radius 3 is 1.91 bits per heavy atom. The first-order valence-electron chi connectivity index (χ1n) is 12.8. The summed E-state index contributed by atoms with van der Waals surface area (Å²) in [6, 6.07) is 17.6. The molecule has 44 heavy (non-hydrogen) atoms. The highest BCUT2D eigenvalue weighted by atomic mass is 32.2. The van der Waals surface area contributed by atoms with Gasteiger partial charge >= 0.3 is 17.9 Å². The van der Waals surface area contributed by atoms with Crippen molar-refractivity contribution >= 4 is 40.5 Å². The van der Waals surface area contributed by atoms with Crippen molar-refractivity contribution in [2.24, 2.45) is 0 Å². The van der Waals surface area contributed by atoms with E-state index in [1.807, 2.05) is 80.5 Å². The summed E-state index contributed by atoms with van der Waals surface area (Å²) in [6.07, 6.45) is -5.47. The number of hydrogen-bond acceptors (Lipinski definition) is 10. The normalized spacial score (nSPS) is 17.5. The molecule has 2 aromatic rings. The summed E-state index contributed by atoms with van der Waals surface area (Å²) in [5.74, 6) is -3.50. The zero-order valence-electron chi connectivity index (χ0n) is 25.0. The van der Waals surface area contributed by atoms with E-state index in [1.165, 1.54) is 6.92 Å². The number of rotatable bonds is 10. The number of carbonyl (C=O) groups excluding carboxylic acids is 2. The largest absolute Gasteiger partial charge is 0.497 e. The third kappa shape index (κ3) is 10.9. The van der Waals surface area contributed by atoms with E-state index in [0.717, 1.165) is 27.5 Å². The zero-order chi connectivity index (χ0) is 31.6. The quantitative estimate of drug-likeness (QED) is 0.259. The number of esters is 1. The van der Waals surface area contributed by atoms with Crippen molar-refractivity contribution in [2.75, 3.05) is 34.3 Å². The molecule has 1 aliphatic heterocycles. The predicted octanol–water partition coefficient (Wildman–Crippen LogP) is 0.422. The van der Waals surface area contributed by atoms with Crippen LogP contribution in [0.25, 0.3) is 4.91 Å². The number of carboxylic acid groups (broad SMARTS) is 2. The highest BCUT2D eigenvalue weighted by Gasteiger charge is 2.41. The predicted molar refractivity (Wildman–Crippen MR) is 163 cm³/mol. The summed E-state index contributed by atoms with van der Waals surface area (Å²) in [7, 11) is 5.55. The maximum atomic E-state index is 13.7. The van der Waals surface area contributed by atoms with Crippen molar-refractivity contribution in [3.63, 3.8) is 0 Å². The van der Waals surface area contributed by atoms with E-state index in [-0.39, 0.29) is 16.9 Å². The molecule has 0 bridgehead atoms. The molecule has 244 valence electrons. The fourth-order valence-corrected chi connectivity index (χ4v) is 5.28. The van der Waals surface area contributed by atoms with Gasteiger partial charge in [-0.05, 0) is 44.3 Å². The van der Waals surface area contributed by atoms with Crippen LogP contribution in [0.15, 0.2) is 60.3 Å². The maximum Gasteiger partial charge on any atom is 0.335 e. The van der Waals surface area contributed by atoms with Gasteiger partial charge in [-0.1, -0.05) is 42.5 Å². The van der Waals surface area contributed by atoms with Crippen LogP contribution in [0.4, 0.5) is 0 Å². The summed E-state index contributed by atoms with van der Waals surface area (Å²) in [6.45, 7) is 4.50. The van der Waals surface area contributed by atoms with Gasteiger partial charge in [0.05, 0.1) is 12.4 Å². The van der Waals surface area contributed by atoms with Crippen LogP contribution in [-0.2, 0) is 23.9 Å². The topological polar surface area (TPSA) is 237 Å². The number of ether oxygens (including phenoxy) is 2. The number of aliphatic hydroxyl groups is 2.